The van der Waals surface area contributed by atoms with Crippen molar-refractivity contribution in [2.24, 2.45) is 0 Å². The quantitative estimate of drug-likeness (QED) is 0.169. The summed E-state index contributed by atoms with van der Waals surface area (Å²) in [5.74, 6) is 0. The number of thiophene rings is 1. The van der Waals surface area contributed by atoms with E-state index in [9.17, 15) is 0 Å². The molecule has 3 heterocycles. The first-order valence-corrected chi connectivity index (χ1v) is 20.8. The van der Waals surface area contributed by atoms with Crippen LogP contribution >= 0.6 is 11.3 Å². The van der Waals surface area contributed by atoms with E-state index in [4.69, 9.17) is 0 Å². The molecule has 0 saturated heterocycles. The van der Waals surface area contributed by atoms with E-state index < -0.39 is 5.41 Å². The Balaban J connectivity index is 1.25. The number of rotatable bonds is 4. The summed E-state index contributed by atoms with van der Waals surface area (Å²) >= 11 is 1.92. The van der Waals surface area contributed by atoms with Crippen molar-refractivity contribution in [1.82, 2.24) is 9.13 Å². The summed E-state index contributed by atoms with van der Waals surface area (Å²) in [5, 5.41) is 7.75. The van der Waals surface area contributed by atoms with Gasteiger partial charge < -0.3 is 9.13 Å². The van der Waals surface area contributed by atoms with Crippen molar-refractivity contribution in [2.75, 3.05) is 0 Å². The largest absolute Gasteiger partial charge is 0.308 e. The predicted molar refractivity (Wildman–Crippen MR) is 245 cm³/mol. The second-order valence-corrected chi connectivity index (χ2v) is 16.6. The van der Waals surface area contributed by atoms with Gasteiger partial charge >= 0.3 is 0 Å². The van der Waals surface area contributed by atoms with Crippen LogP contribution in [0.2, 0.25) is 0 Å². The van der Waals surface area contributed by atoms with Crippen molar-refractivity contribution in [3.05, 3.63) is 229 Å². The molecule has 0 bridgehead atoms. The topological polar surface area (TPSA) is 9.86 Å². The number of hydrogen-bond acceptors (Lipinski definition) is 1. The highest BCUT2D eigenvalue weighted by atomic mass is 32.1. The van der Waals surface area contributed by atoms with Gasteiger partial charge in [0.15, 0.2) is 0 Å². The van der Waals surface area contributed by atoms with Crippen LogP contribution in [0.15, 0.2) is 206 Å². The zero-order chi connectivity index (χ0) is 38.0. The summed E-state index contributed by atoms with van der Waals surface area (Å²) in [6, 6.07) is 76.5. The van der Waals surface area contributed by atoms with E-state index in [1.54, 1.807) is 0 Å². The summed E-state index contributed by atoms with van der Waals surface area (Å²) in [7, 11) is 0. The van der Waals surface area contributed by atoms with Gasteiger partial charge in [0.05, 0.1) is 27.5 Å². The summed E-state index contributed by atoms with van der Waals surface area (Å²) < 4.78 is 7.74. The number of nitrogens with zero attached hydrogens (tertiary/aromatic N) is 2. The van der Waals surface area contributed by atoms with E-state index in [2.05, 4.69) is 215 Å². The average Bonchev–Trinajstić information content (AvgIpc) is 4.03. The number of aromatic nitrogens is 2. The lowest BCUT2D eigenvalue weighted by molar-refractivity contribution is 0.767. The summed E-state index contributed by atoms with van der Waals surface area (Å²) in [4.78, 5) is 0. The molecule has 0 saturated carbocycles. The van der Waals surface area contributed by atoms with Crippen LogP contribution in [0.25, 0.3) is 86.3 Å². The Hall–Kier alpha value is -7.20. The maximum Gasteiger partial charge on any atom is 0.0714 e. The maximum absolute atomic E-state index is 2.59. The molecule has 270 valence electrons. The van der Waals surface area contributed by atoms with Gasteiger partial charge in [-0.3, -0.25) is 0 Å². The van der Waals surface area contributed by atoms with Crippen molar-refractivity contribution in [3.8, 4) is 22.5 Å². The third kappa shape index (κ3) is 4.06. The zero-order valence-corrected chi connectivity index (χ0v) is 32.2. The predicted octanol–water partition coefficient (Wildman–Crippen LogP) is 14.6. The molecule has 2 nitrogen and oxygen atoms in total. The molecule has 0 aliphatic heterocycles. The highest BCUT2D eigenvalue weighted by Gasteiger charge is 2.46. The van der Waals surface area contributed by atoms with Gasteiger partial charge in [0.1, 0.15) is 0 Å². The minimum atomic E-state index is -0.499. The van der Waals surface area contributed by atoms with E-state index in [0.29, 0.717) is 0 Å². The van der Waals surface area contributed by atoms with Gasteiger partial charge in [-0.1, -0.05) is 164 Å². The molecule has 0 N–H and O–H groups in total. The average molecular weight is 755 g/mol. The van der Waals surface area contributed by atoms with Crippen LogP contribution in [0, 0.1) is 0 Å². The van der Waals surface area contributed by atoms with E-state index in [1.807, 2.05) is 11.3 Å². The van der Waals surface area contributed by atoms with Crippen molar-refractivity contribution in [2.45, 2.75) is 5.41 Å². The Kier molecular flexibility index (Phi) is 6.56. The Morgan fingerprint density at radius 1 is 0.362 bits per heavy atom. The van der Waals surface area contributed by atoms with Gasteiger partial charge in [-0.2, -0.15) is 0 Å². The highest BCUT2D eigenvalue weighted by molar-refractivity contribution is 7.27. The lowest BCUT2D eigenvalue weighted by atomic mass is 9.67. The fourth-order valence-corrected chi connectivity index (χ4v) is 11.8. The monoisotopic (exact) mass is 754 g/mol. The second-order valence-electron chi connectivity index (χ2n) is 15.5. The molecule has 0 radical (unpaired) electrons. The van der Waals surface area contributed by atoms with Crippen molar-refractivity contribution >= 4 is 75.1 Å². The summed E-state index contributed by atoms with van der Waals surface area (Å²) in [6.45, 7) is 0. The lowest BCUT2D eigenvalue weighted by Crippen LogP contribution is -2.28. The smallest absolute Gasteiger partial charge is 0.0714 e. The van der Waals surface area contributed by atoms with Gasteiger partial charge in [0, 0.05) is 53.1 Å². The molecule has 3 heteroatoms. The first kappa shape index (κ1) is 31.9. The van der Waals surface area contributed by atoms with Gasteiger partial charge in [0.2, 0.25) is 0 Å². The van der Waals surface area contributed by atoms with Crippen LogP contribution in [0.3, 0.4) is 0 Å². The van der Waals surface area contributed by atoms with Gasteiger partial charge in [-0.25, -0.2) is 0 Å². The molecule has 0 atom stereocenters. The first-order chi connectivity index (χ1) is 28.8. The fourth-order valence-electron chi connectivity index (χ4n) is 10.6. The first-order valence-electron chi connectivity index (χ1n) is 20.0. The Morgan fingerprint density at radius 3 is 1.55 bits per heavy atom. The van der Waals surface area contributed by atoms with Crippen LogP contribution in [-0.2, 0) is 5.41 Å². The van der Waals surface area contributed by atoms with Crippen LogP contribution < -0.4 is 0 Å². The van der Waals surface area contributed by atoms with Crippen molar-refractivity contribution in [1.29, 1.82) is 0 Å². The molecule has 12 aromatic rings. The molecule has 58 heavy (non-hydrogen) atoms. The molecule has 0 unspecified atom stereocenters. The molecule has 1 aliphatic rings. The minimum Gasteiger partial charge on any atom is -0.308 e. The van der Waals surface area contributed by atoms with Crippen molar-refractivity contribution < 1.29 is 0 Å². The maximum atomic E-state index is 2.59. The highest BCUT2D eigenvalue weighted by Crippen LogP contribution is 2.57. The summed E-state index contributed by atoms with van der Waals surface area (Å²) in [6.07, 6.45) is 0. The number of fused-ring (bicyclic) bond motifs is 15. The zero-order valence-electron chi connectivity index (χ0n) is 31.4. The Labute approximate surface area is 339 Å². The van der Waals surface area contributed by atoms with E-state index in [-0.39, 0.29) is 0 Å². The van der Waals surface area contributed by atoms with Crippen LogP contribution in [0.5, 0.6) is 0 Å². The van der Waals surface area contributed by atoms with Crippen molar-refractivity contribution in [3.63, 3.8) is 0 Å². The van der Waals surface area contributed by atoms with Gasteiger partial charge in [-0.05, 0) is 75.8 Å². The molecule has 13 rings (SSSR count). The third-order valence-corrected chi connectivity index (χ3v) is 13.9. The molecule has 0 fully saturated rings. The molecular formula is C55H34N2S. The van der Waals surface area contributed by atoms with Crippen LogP contribution in [0.1, 0.15) is 22.3 Å². The standard InChI is InChI=1S/C55H34N2S/c1-4-18-35(19-5-1)55(36-20-6-2-7-21-36)44-28-14-10-24-39(44)40-33-32-38(34-45(40)55)57-47-30-16-12-26-42(47)50-52(57)49-41-25-11-15-29-46(41)56(37-22-8-3-9-23-37)53(49)51-43-27-13-17-31-48(43)58-54(50)51/h1-34H. The lowest BCUT2D eigenvalue weighted by Gasteiger charge is -2.34. The number of hydrogen-bond donors (Lipinski definition) is 0. The van der Waals surface area contributed by atoms with Gasteiger partial charge in [0.25, 0.3) is 0 Å². The molecule has 0 spiro atoms. The van der Waals surface area contributed by atoms with Crippen LogP contribution in [-0.4, -0.2) is 9.13 Å². The number of para-hydroxylation sites is 3. The molecule has 3 aromatic heterocycles. The minimum absolute atomic E-state index is 0.499. The Bertz CT molecular complexity index is 3570. The summed E-state index contributed by atoms with van der Waals surface area (Å²) in [5.41, 5.74) is 14.5. The number of benzene rings is 9. The van der Waals surface area contributed by atoms with Gasteiger partial charge in [-0.15, -0.1) is 11.3 Å². The normalized spacial score (nSPS) is 13.3. The third-order valence-electron chi connectivity index (χ3n) is 12.8. The van der Waals surface area contributed by atoms with Crippen LogP contribution in [0.4, 0.5) is 0 Å². The molecule has 9 aromatic carbocycles. The molecule has 1 aliphatic carbocycles. The van der Waals surface area contributed by atoms with E-state index >= 15 is 0 Å². The molecule has 0 amide bonds. The van der Waals surface area contributed by atoms with E-state index in [0.717, 1.165) is 11.4 Å². The molecular weight excluding hydrogens is 721 g/mol. The Morgan fingerprint density at radius 2 is 0.862 bits per heavy atom. The second kappa shape index (κ2) is 11.9. The van der Waals surface area contributed by atoms with E-state index in [1.165, 1.54) is 97.2 Å². The SMILES string of the molecule is c1ccc(-n2c3ccccc3c3c4c(c5ccccc5n4-c4ccc5c(c4)C(c4ccccc4)(c4ccccc4)c4ccccc4-5)c4sc5ccccc5c4c32)cc1. The fraction of sp³-hybridized carbons (Fsp3) is 0.0182.